The van der Waals surface area contributed by atoms with Crippen LogP contribution in [0.2, 0.25) is 16.6 Å². The van der Waals surface area contributed by atoms with E-state index in [4.69, 9.17) is 9.16 Å². The summed E-state index contributed by atoms with van der Waals surface area (Å²) in [4.78, 5) is 28.3. The highest BCUT2D eigenvalue weighted by Crippen LogP contribution is 2.45. The van der Waals surface area contributed by atoms with Gasteiger partial charge < -0.3 is 49.8 Å². The minimum absolute atomic E-state index is 0.0641. The number of aliphatic hydroxyl groups excluding tert-OH is 5. The molecular weight excluding hydrogens is 683 g/mol. The molecule has 0 radical (unpaired) electrons. The van der Waals surface area contributed by atoms with Crippen molar-refractivity contribution in [1.82, 2.24) is 15.1 Å². The van der Waals surface area contributed by atoms with E-state index in [-0.39, 0.29) is 48.9 Å². The van der Waals surface area contributed by atoms with Crippen LogP contribution in [0.25, 0.3) is 11.1 Å². The Morgan fingerprint density at radius 3 is 1.85 bits per heavy atom. The molecule has 0 unspecified atom stereocenters. The molecule has 3 amide bonds. The van der Waals surface area contributed by atoms with Crippen molar-refractivity contribution in [2.75, 3.05) is 47.0 Å². The van der Waals surface area contributed by atoms with E-state index >= 15 is 0 Å². The zero-order valence-electron chi connectivity index (χ0n) is 32.2. The SMILES string of the molecule is CC(C)[Si](OC[C@@H](O)[C@@H](O)[C@H](O)[C@@H](O)CN(C)C(=O)NCCCC[C@@H](CO)N(C)C(=O)OCC1c2ccccc2-c2ccccc21)(C(C)C)C(C)C. The third kappa shape index (κ3) is 10.3. The van der Waals surface area contributed by atoms with Crippen LogP contribution in [0.5, 0.6) is 0 Å². The third-order valence-electron chi connectivity index (χ3n) is 10.8. The van der Waals surface area contributed by atoms with Crippen LogP contribution in [0.3, 0.4) is 0 Å². The molecule has 6 N–H and O–H groups in total. The first kappa shape index (κ1) is 43.4. The molecule has 52 heavy (non-hydrogen) atoms. The van der Waals surface area contributed by atoms with E-state index < -0.39 is 50.9 Å². The van der Waals surface area contributed by atoms with Gasteiger partial charge in [0.2, 0.25) is 0 Å². The van der Waals surface area contributed by atoms with Gasteiger partial charge in [0.25, 0.3) is 0 Å². The predicted molar refractivity (Wildman–Crippen MR) is 205 cm³/mol. The molecule has 292 valence electrons. The lowest BCUT2D eigenvalue weighted by Crippen LogP contribution is -2.53. The number of carbonyl (C=O) groups excluding carboxylic acids is 2. The highest BCUT2D eigenvalue weighted by atomic mass is 28.4. The number of nitrogens with zero attached hydrogens (tertiary/aromatic N) is 2. The summed E-state index contributed by atoms with van der Waals surface area (Å²) in [5, 5.41) is 55.2. The lowest BCUT2D eigenvalue weighted by molar-refractivity contribution is -0.116. The highest BCUT2D eigenvalue weighted by Gasteiger charge is 2.46. The Hall–Kier alpha value is -3.04. The van der Waals surface area contributed by atoms with E-state index in [9.17, 15) is 35.1 Å². The summed E-state index contributed by atoms with van der Waals surface area (Å²) < 4.78 is 12.1. The second kappa shape index (κ2) is 19.9. The minimum atomic E-state index is -2.32. The van der Waals surface area contributed by atoms with Gasteiger partial charge in [-0.2, -0.15) is 0 Å². The number of urea groups is 1. The Kier molecular flexibility index (Phi) is 16.6. The zero-order valence-corrected chi connectivity index (χ0v) is 33.2. The smallest absolute Gasteiger partial charge is 0.409 e. The van der Waals surface area contributed by atoms with Crippen LogP contribution in [-0.4, -0.2) is 133 Å². The Morgan fingerprint density at radius 2 is 1.33 bits per heavy atom. The Labute approximate surface area is 310 Å². The van der Waals surface area contributed by atoms with Crippen molar-refractivity contribution in [3.63, 3.8) is 0 Å². The first-order valence-corrected chi connectivity index (χ1v) is 20.8. The van der Waals surface area contributed by atoms with Gasteiger partial charge in [-0.1, -0.05) is 90.1 Å². The third-order valence-corrected chi connectivity index (χ3v) is 16.9. The molecular formula is C39H63N3O9Si. The molecule has 2 aromatic rings. The monoisotopic (exact) mass is 745 g/mol. The van der Waals surface area contributed by atoms with Crippen molar-refractivity contribution in [1.29, 1.82) is 0 Å². The van der Waals surface area contributed by atoms with Gasteiger partial charge in [-0.25, -0.2) is 9.59 Å². The van der Waals surface area contributed by atoms with Gasteiger partial charge in [0, 0.05) is 26.6 Å². The van der Waals surface area contributed by atoms with Crippen LogP contribution in [-0.2, 0) is 9.16 Å². The van der Waals surface area contributed by atoms with Crippen LogP contribution < -0.4 is 5.32 Å². The predicted octanol–water partition coefficient (Wildman–Crippen LogP) is 4.68. The maximum atomic E-state index is 13.0. The number of hydrogen-bond acceptors (Lipinski definition) is 9. The van der Waals surface area contributed by atoms with Crippen molar-refractivity contribution in [3.8, 4) is 11.1 Å². The molecule has 12 nitrogen and oxygen atoms in total. The fraction of sp³-hybridized carbons (Fsp3) is 0.641. The molecule has 3 rings (SSSR count). The molecule has 0 aromatic heterocycles. The van der Waals surface area contributed by atoms with Crippen LogP contribution in [0.4, 0.5) is 9.59 Å². The lowest BCUT2D eigenvalue weighted by atomic mass is 9.98. The number of likely N-dealkylation sites (N-methyl/N-ethyl adjacent to an activating group) is 2. The maximum absolute atomic E-state index is 13.0. The van der Waals surface area contributed by atoms with Gasteiger partial charge >= 0.3 is 12.1 Å². The van der Waals surface area contributed by atoms with Crippen LogP contribution in [0.1, 0.15) is 77.8 Å². The van der Waals surface area contributed by atoms with Crippen molar-refractivity contribution in [3.05, 3.63) is 59.7 Å². The summed E-state index contributed by atoms with van der Waals surface area (Å²) in [5.74, 6) is -0.0641. The molecule has 0 saturated heterocycles. The molecule has 1 aliphatic rings. The average molecular weight is 746 g/mol. The first-order valence-electron chi connectivity index (χ1n) is 18.6. The average Bonchev–Trinajstić information content (AvgIpc) is 3.44. The van der Waals surface area contributed by atoms with Crippen LogP contribution in [0.15, 0.2) is 48.5 Å². The zero-order chi connectivity index (χ0) is 38.7. The summed E-state index contributed by atoms with van der Waals surface area (Å²) >= 11 is 0. The minimum Gasteiger partial charge on any atom is -0.448 e. The van der Waals surface area contributed by atoms with Crippen molar-refractivity contribution >= 4 is 20.4 Å². The molecule has 0 fully saturated rings. The van der Waals surface area contributed by atoms with Crippen LogP contribution in [0, 0.1) is 0 Å². The number of rotatable bonds is 20. The van der Waals surface area contributed by atoms with E-state index in [1.54, 1.807) is 7.05 Å². The number of aliphatic hydroxyl groups is 5. The Balaban J connectivity index is 1.39. The number of benzene rings is 2. The molecule has 2 aromatic carbocycles. The fourth-order valence-corrected chi connectivity index (χ4v) is 13.3. The van der Waals surface area contributed by atoms with Gasteiger partial charge in [0.1, 0.15) is 31.0 Å². The van der Waals surface area contributed by atoms with Crippen molar-refractivity contribution < 1.29 is 44.3 Å². The summed E-state index contributed by atoms with van der Waals surface area (Å²) in [6, 6.07) is 15.3. The second-order valence-electron chi connectivity index (χ2n) is 15.1. The molecule has 0 bridgehead atoms. The number of ether oxygens (including phenoxy) is 1. The van der Waals surface area contributed by atoms with Gasteiger partial charge in [0.15, 0.2) is 8.32 Å². The standard InChI is InChI=1S/C39H63N3O9Si/c1-25(2)52(26(3)4,27(5)6)51-24-35(45)37(47)36(46)34(44)21-41(7)38(48)40-20-14-13-15-28(22-43)42(8)39(49)50-23-33-31-18-11-9-16-29(31)30-17-10-12-19-32(30)33/h9-12,16-19,25-28,33-37,43-47H,13-15,20-24H2,1-8H3,(H,40,48)/t28-,34-,35+,36+,37+/m0/s1. The van der Waals surface area contributed by atoms with Crippen molar-refractivity contribution in [2.24, 2.45) is 0 Å². The summed E-state index contributed by atoms with van der Waals surface area (Å²) in [6.45, 7) is 12.4. The van der Waals surface area contributed by atoms with Gasteiger partial charge in [-0.05, 0) is 58.1 Å². The van der Waals surface area contributed by atoms with Gasteiger partial charge in [-0.15, -0.1) is 0 Å². The summed E-state index contributed by atoms with van der Waals surface area (Å²) in [5.41, 5.74) is 5.34. The van der Waals surface area contributed by atoms with Crippen LogP contribution >= 0.6 is 0 Å². The molecule has 13 heteroatoms. The maximum Gasteiger partial charge on any atom is 0.409 e. The second-order valence-corrected chi connectivity index (χ2v) is 20.6. The highest BCUT2D eigenvalue weighted by molar-refractivity contribution is 6.77. The number of nitrogens with one attached hydrogen (secondary N) is 1. The van der Waals surface area contributed by atoms with E-state index in [0.29, 0.717) is 25.8 Å². The summed E-state index contributed by atoms with van der Waals surface area (Å²) in [6.07, 6.45) is -5.15. The molecule has 5 atom stereocenters. The van der Waals surface area contributed by atoms with E-state index in [1.165, 1.54) is 16.8 Å². The Bertz CT molecular complexity index is 1360. The fourth-order valence-electron chi connectivity index (χ4n) is 7.84. The number of hydrogen-bond donors (Lipinski definition) is 6. The quantitative estimate of drug-likeness (QED) is 0.0832. The van der Waals surface area contributed by atoms with E-state index in [1.807, 2.05) is 24.3 Å². The number of carbonyl (C=O) groups is 2. The molecule has 0 spiro atoms. The molecule has 0 heterocycles. The van der Waals surface area contributed by atoms with E-state index in [0.717, 1.165) is 22.3 Å². The summed E-state index contributed by atoms with van der Waals surface area (Å²) in [7, 11) is 0.745. The van der Waals surface area contributed by atoms with Crippen molar-refractivity contribution in [2.45, 2.75) is 114 Å². The number of fused-ring (bicyclic) bond motifs is 3. The van der Waals surface area contributed by atoms with Gasteiger partial charge in [0.05, 0.1) is 25.8 Å². The largest absolute Gasteiger partial charge is 0.448 e. The topological polar surface area (TPSA) is 172 Å². The molecule has 0 saturated carbocycles. The van der Waals surface area contributed by atoms with E-state index in [2.05, 4.69) is 71.1 Å². The Morgan fingerprint density at radius 1 is 0.808 bits per heavy atom. The number of amides is 3. The first-order chi connectivity index (χ1) is 24.6. The molecule has 0 aliphatic heterocycles. The van der Waals surface area contributed by atoms with Gasteiger partial charge in [-0.3, -0.25) is 0 Å². The number of unbranched alkanes of at least 4 members (excludes halogenated alkanes) is 1. The molecule has 1 aliphatic carbocycles. The lowest BCUT2D eigenvalue weighted by Gasteiger charge is -2.43. The normalized spacial score (nSPS) is 15.9.